The molecule has 2 atom stereocenters. The van der Waals surface area contributed by atoms with Gasteiger partial charge in [0.15, 0.2) is 0 Å². The van der Waals surface area contributed by atoms with Gasteiger partial charge in [0.2, 0.25) is 0 Å². The molecule has 0 spiro atoms. The molecule has 1 heterocycles. The third-order valence-corrected chi connectivity index (χ3v) is 1.90. The Kier molecular flexibility index (Phi) is 2.44. The van der Waals surface area contributed by atoms with E-state index in [1.54, 1.807) is 0 Å². The molecule has 0 bridgehead atoms. The van der Waals surface area contributed by atoms with Gasteiger partial charge >= 0.3 is 5.97 Å². The van der Waals surface area contributed by atoms with Gasteiger partial charge in [-0.05, 0) is 18.9 Å². The monoisotopic (exact) mass is 154 g/mol. The van der Waals surface area contributed by atoms with Crippen molar-refractivity contribution in [2.75, 3.05) is 6.54 Å². The van der Waals surface area contributed by atoms with Gasteiger partial charge in [0, 0.05) is 6.42 Å². The molecule has 0 aromatic rings. The molecule has 0 amide bonds. The Hall–Kier alpha value is -1.08. The van der Waals surface area contributed by atoms with Gasteiger partial charge in [0.1, 0.15) is 6.04 Å². The van der Waals surface area contributed by atoms with E-state index in [0.717, 1.165) is 0 Å². The standard InChI is InChI=1S/C7H10N2O2/c8-2-1-5-3-6(7(10)11)9-4-5/h5-6,9H,1,3-4H2,(H,10,11)/t5-,6-/m0/s1. The summed E-state index contributed by atoms with van der Waals surface area (Å²) in [5, 5.41) is 19.7. The minimum atomic E-state index is -0.814. The van der Waals surface area contributed by atoms with Crippen LogP contribution in [0.25, 0.3) is 0 Å². The van der Waals surface area contributed by atoms with Gasteiger partial charge in [0.25, 0.3) is 0 Å². The maximum Gasteiger partial charge on any atom is 0.320 e. The number of rotatable bonds is 2. The summed E-state index contributed by atoms with van der Waals surface area (Å²) < 4.78 is 0. The Morgan fingerprint density at radius 3 is 3.00 bits per heavy atom. The van der Waals surface area contributed by atoms with E-state index in [2.05, 4.69) is 5.32 Å². The topological polar surface area (TPSA) is 73.1 Å². The second-order valence-electron chi connectivity index (χ2n) is 2.76. The SMILES string of the molecule is N#CC[C@@H]1CN[C@H](C(=O)O)C1. The third-order valence-electron chi connectivity index (χ3n) is 1.90. The number of hydrogen-bond donors (Lipinski definition) is 2. The van der Waals surface area contributed by atoms with E-state index in [1.807, 2.05) is 6.07 Å². The number of nitriles is 1. The fourth-order valence-electron chi connectivity index (χ4n) is 1.28. The van der Waals surface area contributed by atoms with Crippen molar-refractivity contribution < 1.29 is 9.90 Å². The van der Waals surface area contributed by atoms with Crippen LogP contribution in [0.3, 0.4) is 0 Å². The number of hydrogen-bond acceptors (Lipinski definition) is 3. The maximum absolute atomic E-state index is 10.4. The van der Waals surface area contributed by atoms with Crippen molar-refractivity contribution in [3.8, 4) is 6.07 Å². The summed E-state index contributed by atoms with van der Waals surface area (Å²) in [6.45, 7) is 0.657. The highest BCUT2D eigenvalue weighted by Crippen LogP contribution is 2.16. The van der Waals surface area contributed by atoms with E-state index in [9.17, 15) is 4.79 Å². The predicted molar refractivity (Wildman–Crippen MR) is 37.8 cm³/mol. The Morgan fingerprint density at radius 1 is 1.82 bits per heavy atom. The Balaban J connectivity index is 2.36. The molecule has 0 aromatic carbocycles. The smallest absolute Gasteiger partial charge is 0.320 e. The van der Waals surface area contributed by atoms with Crippen LogP contribution in [0.1, 0.15) is 12.8 Å². The summed E-state index contributed by atoms with van der Waals surface area (Å²) >= 11 is 0. The summed E-state index contributed by atoms with van der Waals surface area (Å²) in [7, 11) is 0. The second kappa shape index (κ2) is 3.35. The molecule has 1 fully saturated rings. The summed E-state index contributed by atoms with van der Waals surface area (Å²) in [4.78, 5) is 10.4. The van der Waals surface area contributed by atoms with E-state index < -0.39 is 12.0 Å². The summed E-state index contributed by atoms with van der Waals surface area (Å²) in [5.74, 6) is -0.591. The molecule has 4 nitrogen and oxygen atoms in total. The van der Waals surface area contributed by atoms with E-state index >= 15 is 0 Å². The van der Waals surface area contributed by atoms with Gasteiger partial charge in [-0.2, -0.15) is 5.26 Å². The summed E-state index contributed by atoms with van der Waals surface area (Å²) in [6.07, 6.45) is 1.04. The second-order valence-corrected chi connectivity index (χ2v) is 2.76. The highest BCUT2D eigenvalue weighted by atomic mass is 16.4. The van der Waals surface area contributed by atoms with Crippen molar-refractivity contribution >= 4 is 5.97 Å². The molecular formula is C7H10N2O2. The number of nitrogens with zero attached hydrogens (tertiary/aromatic N) is 1. The fraction of sp³-hybridized carbons (Fsp3) is 0.714. The van der Waals surface area contributed by atoms with Crippen LogP contribution in [-0.2, 0) is 4.79 Å². The van der Waals surface area contributed by atoms with Gasteiger partial charge in [-0.1, -0.05) is 0 Å². The molecule has 0 aromatic heterocycles. The molecule has 60 valence electrons. The predicted octanol–water partition coefficient (Wildman–Crippen LogP) is -0.0372. The Labute approximate surface area is 64.8 Å². The van der Waals surface area contributed by atoms with E-state index in [1.165, 1.54) is 0 Å². The van der Waals surface area contributed by atoms with Gasteiger partial charge in [0.05, 0.1) is 6.07 Å². The van der Waals surface area contributed by atoms with Crippen molar-refractivity contribution in [2.24, 2.45) is 5.92 Å². The lowest BCUT2D eigenvalue weighted by molar-refractivity contribution is -0.139. The number of aliphatic carboxylic acids is 1. The van der Waals surface area contributed by atoms with Crippen molar-refractivity contribution in [1.82, 2.24) is 5.32 Å². The van der Waals surface area contributed by atoms with E-state index in [0.29, 0.717) is 19.4 Å². The first kappa shape index (κ1) is 8.02. The van der Waals surface area contributed by atoms with Crippen LogP contribution in [0.4, 0.5) is 0 Å². The lowest BCUT2D eigenvalue weighted by atomic mass is 10.0. The molecule has 1 saturated heterocycles. The van der Waals surface area contributed by atoms with E-state index in [-0.39, 0.29) is 5.92 Å². The van der Waals surface area contributed by atoms with Crippen molar-refractivity contribution in [3.05, 3.63) is 0 Å². The van der Waals surface area contributed by atoms with Crippen molar-refractivity contribution in [2.45, 2.75) is 18.9 Å². The molecule has 1 rings (SSSR count). The van der Waals surface area contributed by atoms with Crippen LogP contribution in [0.2, 0.25) is 0 Å². The molecular weight excluding hydrogens is 144 g/mol. The van der Waals surface area contributed by atoms with Gasteiger partial charge in [-0.3, -0.25) is 4.79 Å². The van der Waals surface area contributed by atoms with Crippen LogP contribution in [0, 0.1) is 17.2 Å². The average molecular weight is 154 g/mol. The molecule has 0 radical (unpaired) electrons. The molecule has 1 aliphatic heterocycles. The first-order valence-corrected chi connectivity index (χ1v) is 3.57. The van der Waals surface area contributed by atoms with Crippen molar-refractivity contribution in [3.63, 3.8) is 0 Å². The first-order valence-electron chi connectivity index (χ1n) is 3.57. The van der Waals surface area contributed by atoms with Crippen LogP contribution >= 0.6 is 0 Å². The van der Waals surface area contributed by atoms with Gasteiger partial charge in [-0.15, -0.1) is 0 Å². The zero-order valence-corrected chi connectivity index (χ0v) is 6.08. The first-order chi connectivity index (χ1) is 5.24. The number of carboxylic acid groups (broad SMARTS) is 1. The molecule has 0 aliphatic carbocycles. The quantitative estimate of drug-likeness (QED) is 0.585. The Morgan fingerprint density at radius 2 is 2.55 bits per heavy atom. The normalized spacial score (nSPS) is 29.7. The van der Waals surface area contributed by atoms with Gasteiger partial charge in [-0.25, -0.2) is 0 Å². The van der Waals surface area contributed by atoms with Crippen LogP contribution in [0.5, 0.6) is 0 Å². The highest BCUT2D eigenvalue weighted by Gasteiger charge is 2.28. The van der Waals surface area contributed by atoms with Gasteiger partial charge < -0.3 is 10.4 Å². The van der Waals surface area contributed by atoms with Crippen molar-refractivity contribution in [1.29, 1.82) is 5.26 Å². The zero-order chi connectivity index (χ0) is 8.27. The lowest BCUT2D eigenvalue weighted by Crippen LogP contribution is -2.29. The molecule has 0 saturated carbocycles. The molecule has 11 heavy (non-hydrogen) atoms. The molecule has 2 N–H and O–H groups in total. The largest absolute Gasteiger partial charge is 0.480 e. The lowest BCUT2D eigenvalue weighted by Gasteiger charge is -2.01. The summed E-state index contributed by atoms with van der Waals surface area (Å²) in [5.41, 5.74) is 0. The fourth-order valence-corrected chi connectivity index (χ4v) is 1.28. The highest BCUT2D eigenvalue weighted by molar-refractivity contribution is 5.73. The van der Waals surface area contributed by atoms with E-state index in [4.69, 9.17) is 10.4 Å². The summed E-state index contributed by atoms with van der Waals surface area (Å²) in [6, 6.07) is 1.60. The number of nitrogens with one attached hydrogen (secondary N) is 1. The number of carboxylic acids is 1. The minimum Gasteiger partial charge on any atom is -0.480 e. The van der Waals surface area contributed by atoms with Crippen LogP contribution in [0.15, 0.2) is 0 Å². The Bertz CT molecular complexity index is 197. The third kappa shape index (κ3) is 1.92. The number of carbonyl (C=O) groups is 1. The molecule has 0 unspecified atom stereocenters. The van der Waals surface area contributed by atoms with Crippen LogP contribution < -0.4 is 5.32 Å². The van der Waals surface area contributed by atoms with Crippen LogP contribution in [-0.4, -0.2) is 23.7 Å². The maximum atomic E-state index is 10.4. The molecule has 4 heteroatoms. The minimum absolute atomic E-state index is 0.223. The molecule has 1 aliphatic rings. The average Bonchev–Trinajstić information content (AvgIpc) is 2.37. The zero-order valence-electron chi connectivity index (χ0n) is 6.08.